The summed E-state index contributed by atoms with van der Waals surface area (Å²) in [6.07, 6.45) is 5.69. The maximum atomic E-state index is 5.67. The van der Waals surface area contributed by atoms with Crippen molar-refractivity contribution >= 4 is 0 Å². The van der Waals surface area contributed by atoms with Crippen LogP contribution in [0.5, 0.6) is 0 Å². The number of hydrogen-bond acceptors (Lipinski definition) is 1. The molecule has 2 nitrogen and oxygen atoms in total. The van der Waals surface area contributed by atoms with Crippen LogP contribution in [0.25, 0.3) is 0 Å². The first-order valence-electron chi connectivity index (χ1n) is 5.70. The van der Waals surface area contributed by atoms with Crippen molar-refractivity contribution in [2.24, 2.45) is 0 Å². The largest absolute Gasteiger partial charge is 0.332 e. The Bertz CT molecular complexity index is 147. The summed E-state index contributed by atoms with van der Waals surface area (Å²) in [5, 5.41) is 0. The Kier molecular flexibility index (Phi) is 7.81. The van der Waals surface area contributed by atoms with E-state index in [1.54, 1.807) is 0 Å². The molecule has 0 saturated heterocycles. The van der Waals surface area contributed by atoms with Gasteiger partial charge in [-0.15, -0.1) is 0 Å². The number of ether oxygens (including phenoxy) is 1. The van der Waals surface area contributed by atoms with Crippen LogP contribution in [0.15, 0.2) is 12.7 Å². The highest BCUT2D eigenvalue weighted by Gasteiger charge is 2.16. The molecule has 0 radical (unpaired) electrons. The molecule has 0 N–H and O–H groups in total. The molecule has 0 bridgehead atoms. The fourth-order valence-electron chi connectivity index (χ4n) is 1.32. The van der Waals surface area contributed by atoms with Crippen LogP contribution in [0, 0.1) is 0 Å². The van der Waals surface area contributed by atoms with E-state index in [1.165, 1.54) is 19.3 Å². The van der Waals surface area contributed by atoms with Gasteiger partial charge in [0.05, 0.1) is 26.7 Å². The summed E-state index contributed by atoms with van der Waals surface area (Å²) in [7, 11) is 2.21. The molecular weight excluding hydrogens is 174 g/mol. The van der Waals surface area contributed by atoms with Crippen molar-refractivity contribution in [2.75, 3.05) is 33.5 Å². The zero-order valence-electron chi connectivity index (χ0n) is 10.1. The van der Waals surface area contributed by atoms with Crippen LogP contribution >= 0.6 is 0 Å². The summed E-state index contributed by atoms with van der Waals surface area (Å²) in [5.41, 5.74) is 0. The van der Waals surface area contributed by atoms with Crippen molar-refractivity contribution in [3.63, 3.8) is 0 Å². The third-order valence-electron chi connectivity index (χ3n) is 2.63. The molecule has 0 aliphatic heterocycles. The second-order valence-corrected chi connectivity index (χ2v) is 4.15. The zero-order valence-corrected chi connectivity index (χ0v) is 10.1. The molecule has 0 rings (SSSR count). The highest BCUT2D eigenvalue weighted by atomic mass is 16.5. The molecule has 84 valence electrons. The Morgan fingerprint density at radius 1 is 1.29 bits per heavy atom. The first-order valence-corrected chi connectivity index (χ1v) is 5.70. The van der Waals surface area contributed by atoms with Gasteiger partial charge < -0.3 is 9.22 Å². The Hall–Kier alpha value is -0.340. The summed E-state index contributed by atoms with van der Waals surface area (Å²) >= 11 is 0. The fraction of sp³-hybridized carbons (Fsp3) is 0.833. The summed E-state index contributed by atoms with van der Waals surface area (Å²) < 4.78 is 6.61. The lowest BCUT2D eigenvalue weighted by atomic mass is 10.3. The fourth-order valence-corrected chi connectivity index (χ4v) is 1.32. The quantitative estimate of drug-likeness (QED) is 0.241. The van der Waals surface area contributed by atoms with Crippen LogP contribution in [0.3, 0.4) is 0 Å². The van der Waals surface area contributed by atoms with Gasteiger partial charge in [-0.25, -0.2) is 0 Å². The second kappa shape index (κ2) is 8.01. The van der Waals surface area contributed by atoms with Crippen LogP contribution in [0.1, 0.15) is 33.1 Å². The lowest BCUT2D eigenvalue weighted by Gasteiger charge is -2.31. The van der Waals surface area contributed by atoms with Gasteiger partial charge in [0.15, 0.2) is 6.73 Å². The molecule has 0 aliphatic carbocycles. The second-order valence-electron chi connectivity index (χ2n) is 4.15. The van der Waals surface area contributed by atoms with E-state index in [1.807, 2.05) is 6.08 Å². The molecule has 0 aromatic rings. The van der Waals surface area contributed by atoms with E-state index in [4.69, 9.17) is 4.74 Å². The van der Waals surface area contributed by atoms with E-state index in [0.29, 0.717) is 0 Å². The average molecular weight is 200 g/mol. The molecule has 14 heavy (non-hydrogen) atoms. The van der Waals surface area contributed by atoms with Gasteiger partial charge in [-0.2, -0.15) is 0 Å². The van der Waals surface area contributed by atoms with Gasteiger partial charge in [0.2, 0.25) is 0 Å². The topological polar surface area (TPSA) is 9.23 Å². The van der Waals surface area contributed by atoms with Crippen molar-refractivity contribution in [1.82, 2.24) is 0 Å². The third kappa shape index (κ3) is 6.17. The van der Waals surface area contributed by atoms with Gasteiger partial charge in [-0.3, -0.25) is 0 Å². The molecule has 0 heterocycles. The molecular formula is C12H26NO+. The van der Waals surface area contributed by atoms with E-state index >= 15 is 0 Å². The number of nitrogens with zero attached hydrogens (tertiary/aromatic N) is 1. The molecule has 0 saturated carbocycles. The Balaban J connectivity index is 3.56. The van der Waals surface area contributed by atoms with E-state index in [0.717, 1.165) is 30.9 Å². The zero-order chi connectivity index (χ0) is 10.9. The maximum Gasteiger partial charge on any atom is 0.183 e. The number of unbranched alkanes of at least 4 members (excludes halogenated alkanes) is 2. The molecule has 0 aromatic heterocycles. The highest BCUT2D eigenvalue weighted by Crippen LogP contribution is 2.03. The van der Waals surface area contributed by atoms with Crippen molar-refractivity contribution in [3.05, 3.63) is 12.7 Å². The standard InChI is InChI=1S/C12H26NO/c1-5-8-9-11-14-12-13(4,7-3)10-6-2/h6H,2,5,7-12H2,1,3-4H3/q+1. The highest BCUT2D eigenvalue weighted by molar-refractivity contribution is 4.64. The molecule has 0 amide bonds. The van der Waals surface area contributed by atoms with E-state index in [2.05, 4.69) is 27.5 Å². The minimum absolute atomic E-state index is 0.812. The maximum absolute atomic E-state index is 5.67. The summed E-state index contributed by atoms with van der Waals surface area (Å²) in [6, 6.07) is 0. The van der Waals surface area contributed by atoms with Gasteiger partial charge in [0.25, 0.3) is 0 Å². The van der Waals surface area contributed by atoms with Crippen LogP contribution in [-0.4, -0.2) is 38.0 Å². The number of rotatable bonds is 9. The predicted molar refractivity (Wildman–Crippen MR) is 62.1 cm³/mol. The molecule has 0 aliphatic rings. The van der Waals surface area contributed by atoms with Crippen molar-refractivity contribution in [2.45, 2.75) is 33.1 Å². The predicted octanol–water partition coefficient (Wildman–Crippen LogP) is 2.80. The van der Waals surface area contributed by atoms with Gasteiger partial charge in [-0.1, -0.05) is 26.3 Å². The van der Waals surface area contributed by atoms with E-state index < -0.39 is 0 Å². The SMILES string of the molecule is C=CC[N+](C)(CC)COCCCCC. The first-order chi connectivity index (χ1) is 6.68. The van der Waals surface area contributed by atoms with Crippen molar-refractivity contribution in [3.8, 4) is 0 Å². The molecule has 2 heteroatoms. The van der Waals surface area contributed by atoms with E-state index in [-0.39, 0.29) is 0 Å². The van der Waals surface area contributed by atoms with E-state index in [9.17, 15) is 0 Å². The number of quaternary nitrogens is 1. The molecule has 1 unspecified atom stereocenters. The third-order valence-corrected chi connectivity index (χ3v) is 2.63. The van der Waals surface area contributed by atoms with Crippen LogP contribution in [0.2, 0.25) is 0 Å². The summed E-state index contributed by atoms with van der Waals surface area (Å²) in [5.74, 6) is 0. The Morgan fingerprint density at radius 2 is 2.00 bits per heavy atom. The van der Waals surface area contributed by atoms with Crippen LogP contribution in [0.4, 0.5) is 0 Å². The molecule has 0 fully saturated rings. The normalized spacial score (nSPS) is 15.1. The summed E-state index contributed by atoms with van der Waals surface area (Å²) in [6.45, 7) is 12.0. The van der Waals surface area contributed by atoms with Gasteiger partial charge in [0.1, 0.15) is 0 Å². The first kappa shape index (κ1) is 13.7. The Morgan fingerprint density at radius 3 is 2.50 bits per heavy atom. The lowest BCUT2D eigenvalue weighted by Crippen LogP contribution is -2.45. The molecule has 1 atom stereocenters. The van der Waals surface area contributed by atoms with Crippen LogP contribution < -0.4 is 0 Å². The van der Waals surface area contributed by atoms with Gasteiger partial charge in [-0.05, 0) is 19.4 Å². The monoisotopic (exact) mass is 200 g/mol. The minimum Gasteiger partial charge on any atom is -0.332 e. The number of likely N-dealkylation sites (N-methyl/N-ethyl adjacent to an activating group) is 1. The molecule has 0 aromatic carbocycles. The molecule has 0 spiro atoms. The van der Waals surface area contributed by atoms with Crippen molar-refractivity contribution in [1.29, 1.82) is 0 Å². The number of hydrogen-bond donors (Lipinski definition) is 0. The van der Waals surface area contributed by atoms with Crippen molar-refractivity contribution < 1.29 is 9.22 Å². The van der Waals surface area contributed by atoms with Gasteiger partial charge in [0, 0.05) is 0 Å². The smallest absolute Gasteiger partial charge is 0.183 e. The lowest BCUT2D eigenvalue weighted by molar-refractivity contribution is -0.921. The van der Waals surface area contributed by atoms with Gasteiger partial charge >= 0.3 is 0 Å². The minimum atomic E-state index is 0.812. The Labute approximate surface area is 89.1 Å². The van der Waals surface area contributed by atoms with Crippen LogP contribution in [-0.2, 0) is 4.74 Å². The average Bonchev–Trinajstić information content (AvgIpc) is 2.18. The summed E-state index contributed by atoms with van der Waals surface area (Å²) in [4.78, 5) is 0.